The van der Waals surface area contributed by atoms with Crippen LogP contribution in [-0.2, 0) is 6.18 Å². The first-order chi connectivity index (χ1) is 13.7. The molecule has 7 nitrogen and oxygen atoms in total. The summed E-state index contributed by atoms with van der Waals surface area (Å²) < 4.78 is 59.3. The van der Waals surface area contributed by atoms with Gasteiger partial charge in [-0.2, -0.15) is 18.2 Å². The predicted octanol–water partition coefficient (Wildman–Crippen LogP) is 3.66. The number of ether oxygens (including phenoxy) is 1. The van der Waals surface area contributed by atoms with Crippen molar-refractivity contribution in [3.05, 3.63) is 35.3 Å². The Balaban J connectivity index is 2.10. The Morgan fingerprint density at radius 1 is 1.24 bits per heavy atom. The second-order valence-electron chi connectivity index (χ2n) is 6.48. The first-order valence-electron chi connectivity index (χ1n) is 8.79. The van der Waals surface area contributed by atoms with Gasteiger partial charge in [-0.25, -0.2) is 9.37 Å². The van der Waals surface area contributed by atoms with Gasteiger partial charge in [0.05, 0.1) is 12.8 Å². The van der Waals surface area contributed by atoms with Gasteiger partial charge < -0.3 is 20.3 Å². The van der Waals surface area contributed by atoms with Crippen molar-refractivity contribution < 1.29 is 27.1 Å². The van der Waals surface area contributed by atoms with Crippen molar-refractivity contribution in [3.63, 3.8) is 0 Å². The van der Waals surface area contributed by atoms with E-state index in [9.17, 15) is 22.4 Å². The minimum absolute atomic E-state index is 0.0204. The summed E-state index contributed by atoms with van der Waals surface area (Å²) in [6, 6.07) is 2.40. The Morgan fingerprint density at radius 2 is 2.00 bits per heavy atom. The largest absolute Gasteiger partial charge is 0.492 e. The summed E-state index contributed by atoms with van der Waals surface area (Å²) in [4.78, 5) is 21.6. The fourth-order valence-electron chi connectivity index (χ4n) is 2.92. The number of anilines is 3. The quantitative estimate of drug-likeness (QED) is 0.695. The second kappa shape index (κ2) is 8.10. The summed E-state index contributed by atoms with van der Waals surface area (Å²) >= 11 is 0. The molecule has 0 atom stereocenters. The number of rotatable bonds is 1. The lowest BCUT2D eigenvalue weighted by Crippen LogP contribution is -2.28. The van der Waals surface area contributed by atoms with Crippen LogP contribution in [0, 0.1) is 5.82 Å². The topological polar surface area (TPSA) is 79.4 Å². The fraction of sp³-hybridized carbons (Fsp3) is 0.389. The number of alkyl halides is 3. The highest BCUT2D eigenvalue weighted by molar-refractivity contribution is 5.95. The van der Waals surface area contributed by atoms with Crippen LogP contribution in [0.1, 0.15) is 28.8 Å². The molecule has 0 radical (unpaired) electrons. The Hall–Kier alpha value is -3.11. The number of halogens is 4. The maximum Gasteiger partial charge on any atom is 0.421 e. The van der Waals surface area contributed by atoms with Crippen LogP contribution >= 0.6 is 0 Å². The van der Waals surface area contributed by atoms with Gasteiger partial charge in [0.25, 0.3) is 5.91 Å². The number of fused-ring (bicyclic) bond motifs is 4. The molecule has 0 fully saturated rings. The minimum Gasteiger partial charge on any atom is -0.492 e. The van der Waals surface area contributed by atoms with Gasteiger partial charge in [0, 0.05) is 31.9 Å². The van der Waals surface area contributed by atoms with E-state index in [1.807, 2.05) is 0 Å². The summed E-state index contributed by atoms with van der Waals surface area (Å²) in [7, 11) is 2.81. The average Bonchev–Trinajstić information content (AvgIpc) is 2.65. The number of amides is 1. The third kappa shape index (κ3) is 4.49. The van der Waals surface area contributed by atoms with E-state index in [1.165, 1.54) is 18.1 Å². The van der Waals surface area contributed by atoms with E-state index in [2.05, 4.69) is 20.6 Å². The van der Waals surface area contributed by atoms with Crippen LogP contribution in [-0.4, -0.2) is 48.0 Å². The van der Waals surface area contributed by atoms with Gasteiger partial charge in [-0.3, -0.25) is 4.79 Å². The number of hydrogen-bond acceptors (Lipinski definition) is 6. The Bertz CT molecular complexity index is 920. The summed E-state index contributed by atoms with van der Waals surface area (Å²) in [5.41, 5.74) is -0.919. The van der Waals surface area contributed by atoms with Crippen LogP contribution in [0.5, 0.6) is 5.75 Å². The second-order valence-corrected chi connectivity index (χ2v) is 6.48. The average molecular weight is 413 g/mol. The van der Waals surface area contributed by atoms with Crippen LogP contribution < -0.4 is 15.4 Å². The molecule has 0 unspecified atom stereocenters. The first kappa shape index (κ1) is 20.6. The van der Waals surface area contributed by atoms with Crippen molar-refractivity contribution in [1.82, 2.24) is 14.9 Å². The number of nitrogens with zero attached hydrogens (tertiary/aromatic N) is 3. The lowest BCUT2D eigenvalue weighted by molar-refractivity contribution is -0.137. The van der Waals surface area contributed by atoms with Crippen molar-refractivity contribution in [1.29, 1.82) is 0 Å². The van der Waals surface area contributed by atoms with E-state index >= 15 is 0 Å². The van der Waals surface area contributed by atoms with E-state index in [4.69, 9.17) is 4.74 Å². The Kier molecular flexibility index (Phi) is 5.76. The van der Waals surface area contributed by atoms with Crippen LogP contribution in [0.3, 0.4) is 0 Å². The number of methoxy groups -OCH3 is 1. The molecule has 1 aliphatic rings. The maximum atomic E-state index is 14.5. The molecule has 0 saturated carbocycles. The monoisotopic (exact) mass is 413 g/mol. The van der Waals surface area contributed by atoms with Gasteiger partial charge >= 0.3 is 6.18 Å². The number of nitrogens with one attached hydrogen (secondary N) is 2. The molecule has 0 aliphatic carbocycles. The predicted molar refractivity (Wildman–Crippen MR) is 98.0 cm³/mol. The molecule has 4 bridgehead atoms. The molecule has 29 heavy (non-hydrogen) atoms. The highest BCUT2D eigenvalue weighted by atomic mass is 19.4. The van der Waals surface area contributed by atoms with Gasteiger partial charge in [-0.1, -0.05) is 0 Å². The van der Waals surface area contributed by atoms with Crippen molar-refractivity contribution in [2.75, 3.05) is 37.9 Å². The summed E-state index contributed by atoms with van der Waals surface area (Å²) in [5.74, 6) is -1.99. The standard InChI is InChI=1S/C18H19F4N5O2/c1-27-6-4-3-5-23-15-11(18(20,21)22)9-24-17(26-15)25-13-8-10(16(27)28)7-12(19)14(13)29-2/h7-9H,3-6H2,1-2H3,(H2,23,24,25,26). The lowest BCUT2D eigenvalue weighted by Gasteiger charge is -2.20. The molecule has 1 amide bonds. The molecule has 0 saturated heterocycles. The van der Waals surface area contributed by atoms with Gasteiger partial charge in [0.2, 0.25) is 5.95 Å². The number of benzene rings is 1. The van der Waals surface area contributed by atoms with Gasteiger partial charge in [-0.15, -0.1) is 0 Å². The van der Waals surface area contributed by atoms with Crippen LogP contribution in [0.25, 0.3) is 0 Å². The third-order valence-electron chi connectivity index (χ3n) is 4.39. The maximum absolute atomic E-state index is 14.5. The Labute approximate surface area is 164 Å². The smallest absolute Gasteiger partial charge is 0.421 e. The molecule has 1 aromatic heterocycles. The normalized spacial score (nSPS) is 15.2. The molecule has 3 rings (SSSR count). The molecular weight excluding hydrogens is 394 g/mol. The zero-order valence-electron chi connectivity index (χ0n) is 15.7. The van der Waals surface area contributed by atoms with Crippen LogP contribution in [0.15, 0.2) is 18.3 Å². The molecule has 2 N–H and O–H groups in total. The minimum atomic E-state index is -4.64. The molecule has 2 aromatic rings. The van der Waals surface area contributed by atoms with Gasteiger partial charge in [0.15, 0.2) is 11.6 Å². The first-order valence-corrected chi connectivity index (χ1v) is 8.79. The van der Waals surface area contributed by atoms with Crippen LogP contribution in [0.2, 0.25) is 0 Å². The number of hydrogen-bond donors (Lipinski definition) is 2. The molecule has 0 spiro atoms. The zero-order valence-corrected chi connectivity index (χ0v) is 15.7. The van der Waals surface area contributed by atoms with E-state index in [0.29, 0.717) is 25.6 Å². The molecule has 1 aromatic carbocycles. The molecule has 156 valence electrons. The van der Waals surface area contributed by atoms with Crippen molar-refractivity contribution in [3.8, 4) is 5.75 Å². The molecular formula is C18H19F4N5O2. The SMILES string of the molecule is COc1c(F)cc2cc1Nc1ncc(C(F)(F)F)c(n1)NCCCCN(C)C2=O. The third-order valence-corrected chi connectivity index (χ3v) is 4.39. The number of carbonyl (C=O) groups is 1. The summed E-state index contributed by atoms with van der Waals surface area (Å²) in [6.07, 6.45) is -2.94. The van der Waals surface area contributed by atoms with E-state index in [1.54, 1.807) is 7.05 Å². The molecule has 1 aliphatic heterocycles. The van der Waals surface area contributed by atoms with Crippen molar-refractivity contribution in [2.24, 2.45) is 0 Å². The molecule has 11 heteroatoms. The van der Waals surface area contributed by atoms with E-state index in [-0.39, 0.29) is 35.3 Å². The Morgan fingerprint density at radius 3 is 2.69 bits per heavy atom. The fourth-order valence-corrected chi connectivity index (χ4v) is 2.92. The van der Waals surface area contributed by atoms with Gasteiger partial charge in [0.1, 0.15) is 11.4 Å². The highest BCUT2D eigenvalue weighted by Crippen LogP contribution is 2.36. The number of carbonyl (C=O) groups excluding carboxylic acids is 1. The number of aromatic nitrogens is 2. The van der Waals surface area contributed by atoms with Crippen molar-refractivity contribution >= 4 is 23.4 Å². The summed E-state index contributed by atoms with van der Waals surface area (Å²) in [6.45, 7) is 0.586. The van der Waals surface area contributed by atoms with Crippen LogP contribution in [0.4, 0.5) is 35.0 Å². The van der Waals surface area contributed by atoms with E-state index in [0.717, 1.165) is 6.07 Å². The lowest BCUT2D eigenvalue weighted by atomic mass is 10.1. The molecule has 2 heterocycles. The zero-order chi connectivity index (χ0) is 21.2. The van der Waals surface area contributed by atoms with Crippen molar-refractivity contribution in [2.45, 2.75) is 19.0 Å². The highest BCUT2D eigenvalue weighted by Gasteiger charge is 2.35. The van der Waals surface area contributed by atoms with E-state index < -0.39 is 23.5 Å². The summed E-state index contributed by atoms with van der Waals surface area (Å²) in [5, 5.41) is 5.31. The van der Waals surface area contributed by atoms with Gasteiger partial charge in [-0.05, 0) is 25.0 Å².